The molecule has 0 aliphatic carbocycles. The zero-order valence-corrected chi connectivity index (χ0v) is 13.1. The quantitative estimate of drug-likeness (QED) is 0.637. The molecule has 0 bridgehead atoms. The molecule has 3 rings (SSSR count). The number of imidazole rings is 1. The van der Waals surface area contributed by atoms with Crippen molar-refractivity contribution in [1.29, 1.82) is 0 Å². The van der Waals surface area contributed by atoms with Gasteiger partial charge in [-0.05, 0) is 24.1 Å². The number of nitrogens with zero attached hydrogens (tertiary/aromatic N) is 4. The van der Waals surface area contributed by atoms with Crippen molar-refractivity contribution in [1.82, 2.24) is 19.9 Å². The highest BCUT2D eigenvalue weighted by molar-refractivity contribution is 5.87. The summed E-state index contributed by atoms with van der Waals surface area (Å²) in [6.07, 6.45) is 0.950. The van der Waals surface area contributed by atoms with E-state index in [1.807, 2.05) is 24.3 Å². The Balaban J connectivity index is 1.89. The molecule has 0 spiro atoms. The molecule has 3 aromatic rings. The molecule has 0 atom stereocenters. The molecular formula is C15H15N7O2. The zero-order chi connectivity index (χ0) is 17.1. The summed E-state index contributed by atoms with van der Waals surface area (Å²) in [5.74, 6) is -0.156. The summed E-state index contributed by atoms with van der Waals surface area (Å²) in [7, 11) is 0. The van der Waals surface area contributed by atoms with Gasteiger partial charge in [0.1, 0.15) is 0 Å². The number of azo groups is 1. The lowest BCUT2D eigenvalue weighted by Gasteiger charge is -1.98. The summed E-state index contributed by atoms with van der Waals surface area (Å²) in [4.78, 5) is 36.3. The molecule has 1 amide bonds. The number of aromatic amines is 2. The lowest BCUT2D eigenvalue weighted by Crippen LogP contribution is -2.15. The molecular weight excluding hydrogens is 310 g/mol. The van der Waals surface area contributed by atoms with Crippen LogP contribution in [0.4, 0.5) is 17.6 Å². The van der Waals surface area contributed by atoms with Crippen molar-refractivity contribution in [2.75, 3.05) is 5.32 Å². The van der Waals surface area contributed by atoms with Gasteiger partial charge in [-0.3, -0.25) is 19.9 Å². The smallest absolute Gasteiger partial charge is 0.278 e. The minimum absolute atomic E-state index is 0.0325. The monoisotopic (exact) mass is 325 g/mol. The first kappa shape index (κ1) is 15.5. The van der Waals surface area contributed by atoms with Crippen LogP contribution in [0.15, 0.2) is 39.3 Å². The van der Waals surface area contributed by atoms with Crippen molar-refractivity contribution in [3.63, 3.8) is 0 Å². The average molecular weight is 325 g/mol. The molecule has 0 fully saturated rings. The number of anilines is 1. The van der Waals surface area contributed by atoms with Crippen LogP contribution in [0.5, 0.6) is 0 Å². The number of hydrogen-bond acceptors (Lipinski definition) is 6. The number of amides is 1. The highest BCUT2D eigenvalue weighted by Crippen LogP contribution is 2.18. The fourth-order valence-corrected chi connectivity index (χ4v) is 2.07. The number of carbonyl (C=O) groups is 1. The molecule has 0 aliphatic heterocycles. The molecule has 122 valence electrons. The Morgan fingerprint density at radius 1 is 1.17 bits per heavy atom. The molecule has 0 radical (unpaired) electrons. The van der Waals surface area contributed by atoms with E-state index in [1.165, 1.54) is 12.5 Å². The van der Waals surface area contributed by atoms with Crippen molar-refractivity contribution < 1.29 is 4.79 Å². The van der Waals surface area contributed by atoms with Crippen LogP contribution < -0.4 is 10.9 Å². The van der Waals surface area contributed by atoms with Crippen LogP contribution in [-0.4, -0.2) is 25.8 Å². The van der Waals surface area contributed by atoms with Gasteiger partial charge in [-0.25, -0.2) is 0 Å². The number of H-pyrrole nitrogens is 2. The first-order chi connectivity index (χ1) is 11.5. The minimum Gasteiger partial charge on any atom is -0.315 e. The molecule has 24 heavy (non-hydrogen) atoms. The summed E-state index contributed by atoms with van der Waals surface area (Å²) >= 11 is 0. The average Bonchev–Trinajstić information content (AvgIpc) is 2.96. The van der Waals surface area contributed by atoms with Gasteiger partial charge in [-0.15, -0.1) is 10.2 Å². The Bertz CT molecular complexity index is 970. The third kappa shape index (κ3) is 3.35. The fourth-order valence-electron chi connectivity index (χ4n) is 2.07. The van der Waals surface area contributed by atoms with E-state index in [9.17, 15) is 9.59 Å². The van der Waals surface area contributed by atoms with Gasteiger partial charge in [0.2, 0.25) is 17.8 Å². The summed E-state index contributed by atoms with van der Waals surface area (Å²) < 4.78 is 0. The number of nitrogens with one attached hydrogen (secondary N) is 3. The first-order valence-corrected chi connectivity index (χ1v) is 7.33. The van der Waals surface area contributed by atoms with Crippen LogP contribution in [0, 0.1) is 0 Å². The Morgan fingerprint density at radius 2 is 1.92 bits per heavy atom. The molecule has 3 N–H and O–H groups in total. The number of aromatic nitrogens is 4. The predicted molar refractivity (Wildman–Crippen MR) is 88.8 cm³/mol. The third-order valence-corrected chi connectivity index (χ3v) is 3.25. The van der Waals surface area contributed by atoms with Crippen LogP contribution in [0.3, 0.4) is 0 Å². The standard InChI is InChI=1S/C15H15N7O2/c1-3-9-4-6-10(7-5-9)21-22-15-17-11-12(19-15)18-14(16-8(2)23)20-13(11)24/h4-7H,3H2,1-2H3,(H3,16,17,18,19,20,23,24). The van der Waals surface area contributed by atoms with E-state index >= 15 is 0 Å². The summed E-state index contributed by atoms with van der Waals surface area (Å²) in [5, 5.41) is 10.5. The van der Waals surface area contributed by atoms with Gasteiger partial charge >= 0.3 is 0 Å². The number of aryl methyl sites for hydroxylation is 1. The Labute approximate surface area is 136 Å². The lowest BCUT2D eigenvalue weighted by molar-refractivity contribution is -0.114. The van der Waals surface area contributed by atoms with Crippen LogP contribution in [0.1, 0.15) is 19.4 Å². The highest BCUT2D eigenvalue weighted by Gasteiger charge is 2.10. The largest absolute Gasteiger partial charge is 0.315 e. The van der Waals surface area contributed by atoms with Crippen molar-refractivity contribution in [2.45, 2.75) is 20.3 Å². The van der Waals surface area contributed by atoms with Gasteiger partial charge in [0, 0.05) is 6.92 Å². The van der Waals surface area contributed by atoms with Gasteiger partial charge in [-0.1, -0.05) is 19.1 Å². The molecule has 9 nitrogen and oxygen atoms in total. The van der Waals surface area contributed by atoms with Gasteiger partial charge in [0.15, 0.2) is 11.2 Å². The molecule has 9 heteroatoms. The predicted octanol–water partition coefficient (Wildman–Crippen LogP) is 2.58. The number of rotatable bonds is 4. The number of benzene rings is 1. The Kier molecular flexibility index (Phi) is 4.15. The maximum atomic E-state index is 11.9. The Hall–Kier alpha value is -3.36. The second-order valence-corrected chi connectivity index (χ2v) is 5.07. The second-order valence-electron chi connectivity index (χ2n) is 5.07. The zero-order valence-electron chi connectivity index (χ0n) is 13.1. The van der Waals surface area contributed by atoms with E-state index < -0.39 is 5.56 Å². The maximum absolute atomic E-state index is 11.9. The lowest BCUT2D eigenvalue weighted by atomic mass is 10.2. The van der Waals surface area contributed by atoms with Crippen LogP contribution in [0.25, 0.3) is 11.2 Å². The summed E-state index contributed by atoms with van der Waals surface area (Å²) in [6, 6.07) is 7.65. The molecule has 0 saturated heterocycles. The van der Waals surface area contributed by atoms with Crippen LogP contribution >= 0.6 is 0 Å². The van der Waals surface area contributed by atoms with E-state index in [1.54, 1.807) is 0 Å². The topological polar surface area (TPSA) is 128 Å². The van der Waals surface area contributed by atoms with Crippen LogP contribution in [0.2, 0.25) is 0 Å². The van der Waals surface area contributed by atoms with Crippen molar-refractivity contribution in [3.05, 3.63) is 40.2 Å². The summed E-state index contributed by atoms with van der Waals surface area (Å²) in [5.41, 5.74) is 1.74. The molecule has 0 unspecified atom stereocenters. The minimum atomic E-state index is -0.454. The SMILES string of the molecule is CCc1ccc(N=Nc2nc3nc(NC(C)=O)[nH]c(=O)c3[nH]2)cc1. The van der Waals surface area contributed by atoms with Gasteiger partial charge < -0.3 is 4.98 Å². The third-order valence-electron chi connectivity index (χ3n) is 3.25. The second kappa shape index (κ2) is 6.41. The molecule has 0 saturated carbocycles. The number of carbonyl (C=O) groups excluding carboxylic acids is 1. The summed E-state index contributed by atoms with van der Waals surface area (Å²) in [6.45, 7) is 3.39. The van der Waals surface area contributed by atoms with Gasteiger partial charge in [-0.2, -0.15) is 9.97 Å². The van der Waals surface area contributed by atoms with Crippen molar-refractivity contribution >= 4 is 34.7 Å². The molecule has 2 aromatic heterocycles. The number of hydrogen-bond donors (Lipinski definition) is 3. The molecule has 1 aromatic carbocycles. The Morgan fingerprint density at radius 3 is 2.58 bits per heavy atom. The van der Waals surface area contributed by atoms with Gasteiger partial charge in [0.05, 0.1) is 5.69 Å². The normalized spacial score (nSPS) is 11.2. The van der Waals surface area contributed by atoms with Crippen molar-refractivity contribution in [3.8, 4) is 0 Å². The van der Waals surface area contributed by atoms with E-state index in [2.05, 4.69) is 42.4 Å². The first-order valence-electron chi connectivity index (χ1n) is 7.33. The fraction of sp³-hybridized carbons (Fsp3) is 0.200. The number of fused-ring (bicyclic) bond motifs is 1. The molecule has 2 heterocycles. The van der Waals surface area contributed by atoms with E-state index in [0.29, 0.717) is 5.69 Å². The van der Waals surface area contributed by atoms with E-state index in [-0.39, 0.29) is 29.0 Å². The van der Waals surface area contributed by atoms with Crippen molar-refractivity contribution in [2.24, 2.45) is 10.2 Å². The maximum Gasteiger partial charge on any atom is 0.278 e. The van der Waals surface area contributed by atoms with E-state index in [4.69, 9.17) is 0 Å². The molecule has 0 aliphatic rings. The van der Waals surface area contributed by atoms with Crippen LogP contribution in [-0.2, 0) is 11.2 Å². The van der Waals surface area contributed by atoms with Gasteiger partial charge in [0.25, 0.3) is 5.56 Å². The van der Waals surface area contributed by atoms with E-state index in [0.717, 1.165) is 6.42 Å². The highest BCUT2D eigenvalue weighted by atomic mass is 16.1.